The molecule has 26 heteroatoms. The summed E-state index contributed by atoms with van der Waals surface area (Å²) in [4.78, 5) is 63.2. The van der Waals surface area contributed by atoms with Gasteiger partial charge in [0.2, 0.25) is 0 Å². The van der Waals surface area contributed by atoms with Crippen molar-refractivity contribution in [2.75, 3.05) is 24.6 Å². The molecule has 1 aliphatic rings. The number of hydroxylamine groups is 2. The zero-order chi connectivity index (χ0) is 38.3. The summed E-state index contributed by atoms with van der Waals surface area (Å²) >= 11 is 2.47. The molecule has 20 nitrogen and oxygen atoms in total. The molecule has 1 aliphatic heterocycles. The number of halogens is 3. The second kappa shape index (κ2) is 16.5. The molecule has 280 valence electrons. The molecule has 3 heterocycles. The maximum absolute atomic E-state index is 13.2. The Labute approximate surface area is 293 Å². The number of benzene rings is 1. The predicted molar refractivity (Wildman–Crippen MR) is 171 cm³/mol. The van der Waals surface area contributed by atoms with E-state index in [1.807, 2.05) is 0 Å². The molecule has 0 spiro atoms. The Balaban J connectivity index is 0.000000908. The molecular formula is C25H29F3N8O12S3. The number of nitrogens with zero attached hydrogens (tertiary/aromatic N) is 4. The molecule has 0 saturated carbocycles. The van der Waals surface area contributed by atoms with Crippen molar-refractivity contribution in [1.82, 2.24) is 25.3 Å². The smallest absolute Gasteiger partial charge is 0.489 e. The second-order valence-corrected chi connectivity index (χ2v) is 13.4. The molecule has 2 aromatic heterocycles. The molecule has 0 aliphatic carbocycles. The van der Waals surface area contributed by atoms with Crippen LogP contribution in [0.25, 0.3) is 11.0 Å². The van der Waals surface area contributed by atoms with Crippen LogP contribution in [-0.4, -0.2) is 115 Å². The minimum Gasteiger partial charge on any atom is -0.489 e. The number of ether oxygens (including phenoxy) is 1. The Kier molecular flexibility index (Phi) is 13.2. The van der Waals surface area contributed by atoms with E-state index in [4.69, 9.17) is 35.5 Å². The van der Waals surface area contributed by atoms with Crippen LogP contribution in [0, 0.1) is 0 Å². The number of rotatable bonds is 15. The number of H-pyrrole nitrogens is 1. The highest BCUT2D eigenvalue weighted by molar-refractivity contribution is 7.99. The lowest BCUT2D eigenvalue weighted by molar-refractivity contribution is -0.218. The SMILES string of the molecule is CC1(C)[C@H](NC(=O)/C(=N\O[C@@H](COc2ccc3nc(SCCCN)[nH]c3c2)C(=O)O)c2csc(N)n2)C(=O)N1OS(=O)(=O)O.O=C(O)C(F)(F)F. The monoisotopic (exact) mass is 786 g/mol. The van der Waals surface area contributed by atoms with Crippen molar-refractivity contribution in [2.24, 2.45) is 10.9 Å². The Hall–Kier alpha value is -4.76. The van der Waals surface area contributed by atoms with E-state index >= 15 is 0 Å². The number of imidazole rings is 1. The summed E-state index contributed by atoms with van der Waals surface area (Å²) < 4.78 is 72.7. The molecule has 2 amide bonds. The number of carbonyl (C=O) groups is 4. The van der Waals surface area contributed by atoms with Crippen LogP contribution in [-0.2, 0) is 38.7 Å². The summed E-state index contributed by atoms with van der Waals surface area (Å²) in [5.74, 6) is -5.13. The number of nitrogen functional groups attached to an aromatic ring is 1. The average Bonchev–Trinajstić information content (AvgIpc) is 3.64. The summed E-state index contributed by atoms with van der Waals surface area (Å²) in [6.07, 6.45) is -5.94. The van der Waals surface area contributed by atoms with Gasteiger partial charge in [0, 0.05) is 17.2 Å². The molecule has 0 bridgehead atoms. The predicted octanol–water partition coefficient (Wildman–Crippen LogP) is 0.769. The lowest BCUT2D eigenvalue weighted by Crippen LogP contribution is -2.76. The quantitative estimate of drug-likeness (QED) is 0.0279. The van der Waals surface area contributed by atoms with Gasteiger partial charge in [-0.1, -0.05) is 16.9 Å². The summed E-state index contributed by atoms with van der Waals surface area (Å²) in [7, 11) is -5.01. The van der Waals surface area contributed by atoms with Crippen LogP contribution in [0.2, 0.25) is 0 Å². The molecule has 1 saturated heterocycles. The first kappa shape index (κ1) is 40.7. The lowest BCUT2D eigenvalue weighted by atomic mass is 9.84. The number of thioether (sulfide) groups is 1. The first-order valence-corrected chi connectivity index (χ1v) is 17.1. The van der Waals surface area contributed by atoms with Crippen LogP contribution in [0.5, 0.6) is 5.75 Å². The van der Waals surface area contributed by atoms with E-state index in [2.05, 4.69) is 29.7 Å². The number of nitrogens with two attached hydrogens (primary N) is 2. The topological polar surface area (TPSA) is 312 Å². The highest BCUT2D eigenvalue weighted by atomic mass is 32.3. The molecule has 51 heavy (non-hydrogen) atoms. The number of carboxylic acid groups (broad SMARTS) is 2. The van der Waals surface area contributed by atoms with Gasteiger partial charge in [-0.25, -0.2) is 19.6 Å². The number of carboxylic acids is 2. The number of thiazole rings is 1. The van der Waals surface area contributed by atoms with E-state index in [1.165, 1.54) is 31.0 Å². The fourth-order valence-electron chi connectivity index (χ4n) is 3.83. The van der Waals surface area contributed by atoms with Gasteiger partial charge in [-0.15, -0.1) is 15.6 Å². The van der Waals surface area contributed by atoms with E-state index in [0.717, 1.165) is 23.5 Å². The highest BCUT2D eigenvalue weighted by Crippen LogP contribution is 2.33. The van der Waals surface area contributed by atoms with Gasteiger partial charge in [0.15, 0.2) is 16.0 Å². The number of fused-ring (bicyclic) bond motifs is 1. The Morgan fingerprint density at radius 1 is 1.25 bits per heavy atom. The second-order valence-electron chi connectivity index (χ2n) is 10.5. The van der Waals surface area contributed by atoms with Crippen molar-refractivity contribution in [3.63, 3.8) is 0 Å². The number of hydrogen-bond acceptors (Lipinski definition) is 16. The zero-order valence-corrected chi connectivity index (χ0v) is 28.6. The third-order valence-electron chi connectivity index (χ3n) is 6.31. The largest absolute Gasteiger partial charge is 0.490 e. The lowest BCUT2D eigenvalue weighted by Gasteiger charge is -2.50. The zero-order valence-electron chi connectivity index (χ0n) is 26.1. The number of alkyl halides is 3. The van der Waals surface area contributed by atoms with Gasteiger partial charge in [0.25, 0.3) is 17.9 Å². The van der Waals surface area contributed by atoms with Crippen molar-refractivity contribution in [2.45, 2.75) is 49.3 Å². The van der Waals surface area contributed by atoms with Crippen molar-refractivity contribution >= 4 is 79.1 Å². The Morgan fingerprint density at radius 2 is 1.92 bits per heavy atom. The van der Waals surface area contributed by atoms with Gasteiger partial charge in [0.1, 0.15) is 24.1 Å². The minimum absolute atomic E-state index is 0.0570. The summed E-state index contributed by atoms with van der Waals surface area (Å²) in [5, 5.41) is 25.4. The van der Waals surface area contributed by atoms with Crippen LogP contribution in [0.4, 0.5) is 18.3 Å². The standard InChI is InChI=1S/C23H28N8O10S3.C2HF3O2/c1-23(2)17(19(33)31(23)41-44(36,37)38)29-18(32)16(14-10-43-21(25)26-14)30-40-15(20(34)35)9-39-11-4-5-12-13(8-11)28-22(27-12)42-7-3-6-24;3-2(4,5)1(6)7/h4-5,8,10,15,17H,3,6-7,9,24H2,1-2H3,(H2,25,26)(H,27,28)(H,29,32)(H,34,35)(H,36,37,38);(H,6,7)/b30-16-;/t15-,17+;/m0./s1. The van der Waals surface area contributed by atoms with Gasteiger partial charge >= 0.3 is 28.5 Å². The molecule has 4 rings (SSSR count). The van der Waals surface area contributed by atoms with Gasteiger partial charge in [-0.3, -0.25) is 14.1 Å². The van der Waals surface area contributed by atoms with Crippen molar-refractivity contribution in [1.29, 1.82) is 0 Å². The molecule has 3 aromatic rings. The molecule has 1 fully saturated rings. The van der Waals surface area contributed by atoms with Crippen LogP contribution < -0.4 is 21.5 Å². The molecule has 2 atom stereocenters. The highest BCUT2D eigenvalue weighted by Gasteiger charge is 2.58. The Bertz CT molecular complexity index is 1900. The maximum atomic E-state index is 13.2. The number of anilines is 1. The number of carbonyl (C=O) groups excluding carboxylic acids is 2. The normalized spacial score (nSPS) is 16.5. The number of aliphatic carboxylic acids is 2. The Morgan fingerprint density at radius 3 is 2.45 bits per heavy atom. The molecule has 9 N–H and O–H groups in total. The van der Waals surface area contributed by atoms with E-state index in [-0.39, 0.29) is 10.8 Å². The van der Waals surface area contributed by atoms with E-state index < -0.39 is 70.3 Å². The molecule has 0 unspecified atom stereocenters. The molecule has 0 radical (unpaired) electrons. The third kappa shape index (κ3) is 11.1. The first-order chi connectivity index (χ1) is 23.6. The van der Waals surface area contributed by atoms with Crippen molar-refractivity contribution < 1.29 is 69.4 Å². The van der Waals surface area contributed by atoms with E-state index in [0.29, 0.717) is 33.5 Å². The average molecular weight is 787 g/mol. The van der Waals surface area contributed by atoms with Crippen LogP contribution in [0.3, 0.4) is 0 Å². The number of β-lactam (4-membered cyclic amide) rings is 1. The third-order valence-corrected chi connectivity index (χ3v) is 8.28. The fourth-order valence-corrected chi connectivity index (χ4v) is 5.68. The molecular weight excluding hydrogens is 758 g/mol. The minimum atomic E-state index is -5.08. The van der Waals surface area contributed by atoms with Gasteiger partial charge in [-0.2, -0.15) is 26.7 Å². The van der Waals surface area contributed by atoms with E-state index in [1.54, 1.807) is 18.2 Å². The van der Waals surface area contributed by atoms with Gasteiger partial charge < -0.3 is 41.6 Å². The number of amides is 2. The number of hydrogen-bond donors (Lipinski definition) is 7. The summed E-state index contributed by atoms with van der Waals surface area (Å²) in [6, 6.07) is 3.61. The van der Waals surface area contributed by atoms with Gasteiger partial charge in [0.05, 0.1) is 16.6 Å². The maximum Gasteiger partial charge on any atom is 0.490 e. The number of nitrogens with one attached hydrogen (secondary N) is 2. The molecule has 1 aromatic carbocycles. The van der Waals surface area contributed by atoms with Crippen LogP contribution in [0.15, 0.2) is 33.9 Å². The number of oxime groups is 1. The van der Waals surface area contributed by atoms with Crippen molar-refractivity contribution in [3.05, 3.63) is 29.3 Å². The first-order valence-electron chi connectivity index (χ1n) is 13.9. The number of aromatic nitrogens is 3. The van der Waals surface area contributed by atoms with Gasteiger partial charge in [-0.05, 0) is 38.9 Å². The van der Waals surface area contributed by atoms with Crippen molar-refractivity contribution in [3.8, 4) is 5.75 Å². The van der Waals surface area contributed by atoms with E-state index in [9.17, 15) is 41.1 Å². The fraction of sp³-hybridized carbons (Fsp3) is 0.400. The van der Waals surface area contributed by atoms with Crippen LogP contribution in [0.1, 0.15) is 26.0 Å². The van der Waals surface area contributed by atoms with Crippen LogP contribution >= 0.6 is 23.1 Å². The summed E-state index contributed by atoms with van der Waals surface area (Å²) in [5.41, 5.74) is 10.5. The summed E-state index contributed by atoms with van der Waals surface area (Å²) in [6.45, 7) is 2.77. The number of aromatic amines is 1.